The van der Waals surface area contributed by atoms with Gasteiger partial charge in [0, 0.05) is 29.6 Å². The van der Waals surface area contributed by atoms with Crippen LogP contribution in [0.3, 0.4) is 0 Å². The summed E-state index contributed by atoms with van der Waals surface area (Å²) in [6, 6.07) is 23.9. The SMILES string of the molecule is CC12C(=O)N(c3cccc(C(=O)NCc4ccccc4)c3)C(=O)N1CCc1c2[nH]c2ccccc12. The van der Waals surface area contributed by atoms with Crippen molar-refractivity contribution in [3.8, 4) is 0 Å². The third kappa shape index (κ3) is 3.15. The average Bonchev–Trinajstić information content (AvgIpc) is 3.36. The number of hydrogen-bond acceptors (Lipinski definition) is 3. The molecule has 7 nitrogen and oxygen atoms in total. The Labute approximate surface area is 202 Å². The van der Waals surface area contributed by atoms with Gasteiger partial charge in [-0.15, -0.1) is 0 Å². The molecule has 1 aromatic heterocycles. The molecule has 0 bridgehead atoms. The van der Waals surface area contributed by atoms with E-state index in [9.17, 15) is 14.4 Å². The third-order valence-corrected chi connectivity index (χ3v) is 7.13. The molecule has 3 heterocycles. The fourth-order valence-corrected chi connectivity index (χ4v) is 5.29. The van der Waals surface area contributed by atoms with E-state index in [1.807, 2.05) is 54.6 Å². The average molecular weight is 465 g/mol. The van der Waals surface area contributed by atoms with Gasteiger partial charge in [0.15, 0.2) is 5.54 Å². The van der Waals surface area contributed by atoms with E-state index in [0.29, 0.717) is 30.8 Å². The van der Waals surface area contributed by atoms with E-state index in [2.05, 4.69) is 10.3 Å². The van der Waals surface area contributed by atoms with Crippen LogP contribution in [0, 0.1) is 0 Å². The highest BCUT2D eigenvalue weighted by Gasteiger charge is 2.59. The molecule has 7 heteroatoms. The zero-order valence-corrected chi connectivity index (χ0v) is 19.2. The molecule has 0 radical (unpaired) electrons. The second-order valence-corrected chi connectivity index (χ2v) is 9.14. The summed E-state index contributed by atoms with van der Waals surface area (Å²) in [7, 11) is 0. The molecule has 1 atom stereocenters. The van der Waals surface area contributed by atoms with Crippen molar-refractivity contribution in [2.45, 2.75) is 25.4 Å². The van der Waals surface area contributed by atoms with Gasteiger partial charge in [-0.3, -0.25) is 9.59 Å². The Hall–Kier alpha value is -4.39. The zero-order chi connectivity index (χ0) is 24.2. The van der Waals surface area contributed by atoms with Crippen LogP contribution in [0.15, 0.2) is 78.9 Å². The highest BCUT2D eigenvalue weighted by molar-refractivity contribution is 6.24. The lowest BCUT2D eigenvalue weighted by atomic mass is 9.87. The van der Waals surface area contributed by atoms with Crippen LogP contribution >= 0.6 is 0 Å². The van der Waals surface area contributed by atoms with Crippen molar-refractivity contribution in [1.82, 2.24) is 15.2 Å². The van der Waals surface area contributed by atoms with Gasteiger partial charge in [0.05, 0.1) is 11.4 Å². The number of para-hydroxylation sites is 1. The van der Waals surface area contributed by atoms with Gasteiger partial charge >= 0.3 is 6.03 Å². The van der Waals surface area contributed by atoms with Crippen LogP contribution in [-0.4, -0.2) is 34.3 Å². The summed E-state index contributed by atoms with van der Waals surface area (Å²) in [4.78, 5) is 46.4. The number of amides is 4. The molecular formula is C28H24N4O3. The minimum atomic E-state index is -1.13. The maximum absolute atomic E-state index is 13.8. The quantitative estimate of drug-likeness (QED) is 0.441. The van der Waals surface area contributed by atoms with Crippen molar-refractivity contribution >= 4 is 34.4 Å². The smallest absolute Gasteiger partial charge is 0.332 e. The highest BCUT2D eigenvalue weighted by atomic mass is 16.2. The topological polar surface area (TPSA) is 85.5 Å². The number of imide groups is 1. The van der Waals surface area contributed by atoms with E-state index < -0.39 is 5.54 Å². The van der Waals surface area contributed by atoms with Crippen molar-refractivity contribution in [3.05, 3.63) is 101 Å². The number of carbonyl (C=O) groups excluding carboxylic acids is 3. The fourth-order valence-electron chi connectivity index (χ4n) is 5.29. The molecular weight excluding hydrogens is 440 g/mol. The van der Waals surface area contributed by atoms with Gasteiger partial charge in [-0.2, -0.15) is 0 Å². The van der Waals surface area contributed by atoms with Crippen LogP contribution < -0.4 is 10.2 Å². The predicted molar refractivity (Wildman–Crippen MR) is 133 cm³/mol. The Morgan fingerprint density at radius 1 is 1.00 bits per heavy atom. The highest BCUT2D eigenvalue weighted by Crippen LogP contribution is 2.45. The Morgan fingerprint density at radius 3 is 2.60 bits per heavy atom. The summed E-state index contributed by atoms with van der Waals surface area (Å²) >= 11 is 0. The number of aromatic nitrogens is 1. The normalized spacial score (nSPS) is 19.1. The lowest BCUT2D eigenvalue weighted by Crippen LogP contribution is -2.49. The number of hydrogen-bond donors (Lipinski definition) is 2. The van der Waals surface area contributed by atoms with Gasteiger partial charge in [0.1, 0.15) is 0 Å². The van der Waals surface area contributed by atoms with Crippen molar-refractivity contribution in [2.75, 3.05) is 11.4 Å². The van der Waals surface area contributed by atoms with E-state index in [0.717, 1.165) is 27.7 Å². The summed E-state index contributed by atoms with van der Waals surface area (Å²) < 4.78 is 0. The van der Waals surface area contributed by atoms with E-state index in [1.165, 1.54) is 4.90 Å². The summed E-state index contributed by atoms with van der Waals surface area (Å²) in [5.41, 5.74) is 3.44. The van der Waals surface area contributed by atoms with Gasteiger partial charge in [-0.1, -0.05) is 54.6 Å². The molecule has 4 aromatic rings. The van der Waals surface area contributed by atoms with E-state index in [4.69, 9.17) is 0 Å². The summed E-state index contributed by atoms with van der Waals surface area (Å²) in [5, 5.41) is 3.98. The molecule has 174 valence electrons. The summed E-state index contributed by atoms with van der Waals surface area (Å²) in [6.45, 7) is 2.64. The van der Waals surface area contributed by atoms with Crippen molar-refractivity contribution < 1.29 is 14.4 Å². The first-order valence-corrected chi connectivity index (χ1v) is 11.7. The number of fused-ring (bicyclic) bond motifs is 5. The molecule has 0 spiro atoms. The monoisotopic (exact) mass is 464 g/mol. The lowest BCUT2D eigenvalue weighted by molar-refractivity contribution is -0.125. The van der Waals surface area contributed by atoms with E-state index in [-0.39, 0.29) is 17.8 Å². The molecule has 1 fully saturated rings. The molecule has 1 unspecified atom stereocenters. The number of benzene rings is 3. The van der Waals surface area contributed by atoms with Crippen LogP contribution in [0.5, 0.6) is 0 Å². The van der Waals surface area contributed by atoms with Crippen molar-refractivity contribution in [2.24, 2.45) is 0 Å². The Kier molecular flexibility index (Phi) is 4.74. The van der Waals surface area contributed by atoms with Gasteiger partial charge in [0.25, 0.3) is 11.8 Å². The number of aromatic amines is 1. The third-order valence-electron chi connectivity index (χ3n) is 7.13. The minimum Gasteiger partial charge on any atom is -0.356 e. The van der Waals surface area contributed by atoms with Crippen LogP contribution in [0.4, 0.5) is 10.5 Å². The lowest BCUT2D eigenvalue weighted by Gasteiger charge is -2.35. The Bertz CT molecular complexity index is 1490. The number of carbonyl (C=O) groups is 3. The molecule has 2 N–H and O–H groups in total. The molecule has 1 saturated heterocycles. The molecule has 3 aromatic carbocycles. The number of rotatable bonds is 4. The maximum Gasteiger partial charge on any atom is 0.332 e. The minimum absolute atomic E-state index is 0.267. The summed E-state index contributed by atoms with van der Waals surface area (Å²) in [6.07, 6.45) is 0.670. The maximum atomic E-state index is 13.8. The first-order chi connectivity index (χ1) is 17.0. The molecule has 0 saturated carbocycles. The van der Waals surface area contributed by atoms with Gasteiger partial charge in [-0.25, -0.2) is 9.69 Å². The number of H-pyrrole nitrogens is 1. The van der Waals surface area contributed by atoms with Gasteiger partial charge in [0.2, 0.25) is 0 Å². The molecule has 0 aliphatic carbocycles. The number of anilines is 1. The number of nitrogens with zero attached hydrogens (tertiary/aromatic N) is 2. The van der Waals surface area contributed by atoms with Gasteiger partial charge < -0.3 is 15.2 Å². The molecule has 2 aliphatic rings. The number of urea groups is 1. The Balaban J connectivity index is 1.32. The van der Waals surface area contributed by atoms with Crippen molar-refractivity contribution in [3.63, 3.8) is 0 Å². The first kappa shape index (κ1) is 21.2. The standard InChI is InChI=1S/C28H24N4O3/c1-28-24-22(21-12-5-6-13-23(21)30-24)14-15-31(28)27(35)32(26(28)34)20-11-7-10-19(16-20)25(33)29-17-18-8-3-2-4-9-18/h2-13,16,30H,14-15,17H2,1H3,(H,29,33). The van der Waals surface area contributed by atoms with Crippen molar-refractivity contribution in [1.29, 1.82) is 0 Å². The zero-order valence-electron chi connectivity index (χ0n) is 19.2. The Morgan fingerprint density at radius 2 is 1.77 bits per heavy atom. The van der Waals surface area contributed by atoms with Crippen LogP contribution in [-0.2, 0) is 23.3 Å². The predicted octanol–water partition coefficient (Wildman–Crippen LogP) is 4.34. The van der Waals surface area contributed by atoms with Crippen LogP contribution in [0.1, 0.15) is 34.1 Å². The molecule has 2 aliphatic heterocycles. The van der Waals surface area contributed by atoms with Crippen LogP contribution in [0.25, 0.3) is 10.9 Å². The molecule has 35 heavy (non-hydrogen) atoms. The summed E-state index contributed by atoms with van der Waals surface area (Å²) in [5.74, 6) is -0.589. The number of nitrogens with one attached hydrogen (secondary N) is 2. The van der Waals surface area contributed by atoms with E-state index >= 15 is 0 Å². The second kappa shape index (κ2) is 7.84. The van der Waals surface area contributed by atoms with E-state index in [1.54, 1.807) is 36.1 Å². The fraction of sp³-hybridized carbons (Fsp3) is 0.179. The largest absolute Gasteiger partial charge is 0.356 e. The van der Waals surface area contributed by atoms with Gasteiger partial charge in [-0.05, 0) is 48.7 Å². The van der Waals surface area contributed by atoms with Crippen LogP contribution in [0.2, 0.25) is 0 Å². The molecule has 4 amide bonds. The molecule has 6 rings (SSSR count). The second-order valence-electron chi connectivity index (χ2n) is 9.14. The first-order valence-electron chi connectivity index (χ1n) is 11.7.